The molecule has 2 heterocycles. The number of carbonyl (C=O) groups excluding carboxylic acids is 1. The lowest BCUT2D eigenvalue weighted by Crippen LogP contribution is -2.46. The van der Waals surface area contributed by atoms with E-state index in [1.165, 1.54) is 15.5 Å². The van der Waals surface area contributed by atoms with Gasteiger partial charge in [0.15, 0.2) is 0 Å². The number of carbonyl (C=O) groups is 2. The van der Waals surface area contributed by atoms with Crippen LogP contribution >= 0.6 is 0 Å². The lowest BCUT2D eigenvalue weighted by atomic mass is 10.1. The van der Waals surface area contributed by atoms with E-state index in [9.17, 15) is 14.4 Å². The molecular formula is C15H20N2O5. The lowest BCUT2D eigenvalue weighted by molar-refractivity contribution is -0.147. The Morgan fingerprint density at radius 3 is 2.68 bits per heavy atom. The minimum Gasteiger partial charge on any atom is -0.480 e. The van der Waals surface area contributed by atoms with Gasteiger partial charge in [-0.2, -0.15) is 0 Å². The Balaban J connectivity index is 2.00. The highest BCUT2D eigenvalue weighted by atomic mass is 16.5. The maximum absolute atomic E-state index is 12.4. The lowest BCUT2D eigenvalue weighted by Gasteiger charge is -2.33. The number of hydrogen-bond donors (Lipinski definition) is 1. The smallest absolute Gasteiger partial charge is 0.323 e. The zero-order valence-corrected chi connectivity index (χ0v) is 12.3. The van der Waals surface area contributed by atoms with E-state index in [0.29, 0.717) is 26.1 Å². The normalized spacial score (nSPS) is 15.5. The molecule has 1 N–H and O–H groups in total. The molecule has 0 aliphatic carbocycles. The Labute approximate surface area is 128 Å². The maximum Gasteiger partial charge on any atom is 0.323 e. The SMILES string of the molecule is O=C(O)CN(C(=O)CCn1ccccc1=O)C1CCOCC1. The number of amides is 1. The van der Waals surface area contributed by atoms with Crippen LogP contribution in [0.2, 0.25) is 0 Å². The number of pyridine rings is 1. The summed E-state index contributed by atoms with van der Waals surface area (Å²) in [6, 6.07) is 4.68. The summed E-state index contributed by atoms with van der Waals surface area (Å²) in [5.74, 6) is -1.28. The van der Waals surface area contributed by atoms with Crippen molar-refractivity contribution in [2.24, 2.45) is 0 Å². The summed E-state index contributed by atoms with van der Waals surface area (Å²) in [5.41, 5.74) is -0.175. The van der Waals surface area contributed by atoms with Gasteiger partial charge in [-0.25, -0.2) is 0 Å². The van der Waals surface area contributed by atoms with Crippen LogP contribution in [0.1, 0.15) is 19.3 Å². The predicted molar refractivity (Wildman–Crippen MR) is 78.5 cm³/mol. The first-order chi connectivity index (χ1) is 10.6. The molecule has 1 amide bonds. The van der Waals surface area contributed by atoms with Gasteiger partial charge in [0.05, 0.1) is 0 Å². The predicted octanol–water partition coefficient (Wildman–Crippen LogP) is 0.331. The Morgan fingerprint density at radius 1 is 1.32 bits per heavy atom. The fourth-order valence-electron chi connectivity index (χ4n) is 2.57. The number of aryl methyl sites for hydroxylation is 1. The van der Waals surface area contributed by atoms with Crippen LogP contribution in [-0.4, -0.2) is 52.3 Å². The second-order valence-electron chi connectivity index (χ2n) is 5.24. The number of rotatable bonds is 6. The van der Waals surface area contributed by atoms with Crippen LogP contribution in [0.3, 0.4) is 0 Å². The van der Waals surface area contributed by atoms with E-state index in [1.807, 2.05) is 0 Å². The van der Waals surface area contributed by atoms with Crippen LogP contribution < -0.4 is 5.56 Å². The molecule has 0 saturated carbocycles. The Hall–Kier alpha value is -2.15. The molecule has 7 heteroatoms. The molecule has 1 aliphatic rings. The summed E-state index contributed by atoms with van der Waals surface area (Å²) >= 11 is 0. The second kappa shape index (κ2) is 7.74. The van der Waals surface area contributed by atoms with Crippen molar-refractivity contribution >= 4 is 11.9 Å². The number of ether oxygens (including phenoxy) is 1. The summed E-state index contributed by atoms with van der Waals surface area (Å²) in [6.45, 7) is 1.00. The number of hydrogen-bond acceptors (Lipinski definition) is 4. The molecule has 1 fully saturated rings. The van der Waals surface area contributed by atoms with E-state index in [0.717, 1.165) is 0 Å². The summed E-state index contributed by atoms with van der Waals surface area (Å²) in [7, 11) is 0. The van der Waals surface area contributed by atoms with Gasteiger partial charge < -0.3 is 19.3 Å². The first-order valence-electron chi connectivity index (χ1n) is 7.32. The number of aliphatic carboxylic acids is 1. The molecule has 0 atom stereocenters. The van der Waals surface area contributed by atoms with Gasteiger partial charge in [-0.1, -0.05) is 6.07 Å². The van der Waals surface area contributed by atoms with E-state index < -0.39 is 5.97 Å². The highest BCUT2D eigenvalue weighted by Gasteiger charge is 2.27. The average molecular weight is 308 g/mol. The highest BCUT2D eigenvalue weighted by molar-refractivity contribution is 5.81. The van der Waals surface area contributed by atoms with E-state index in [4.69, 9.17) is 9.84 Å². The van der Waals surface area contributed by atoms with Crippen molar-refractivity contribution < 1.29 is 19.4 Å². The van der Waals surface area contributed by atoms with E-state index in [-0.39, 0.29) is 37.0 Å². The number of nitrogens with zero attached hydrogens (tertiary/aromatic N) is 2. The van der Waals surface area contributed by atoms with Gasteiger partial charge in [-0.05, 0) is 18.9 Å². The third-order valence-corrected chi connectivity index (χ3v) is 3.72. The Morgan fingerprint density at radius 2 is 2.05 bits per heavy atom. The molecule has 22 heavy (non-hydrogen) atoms. The van der Waals surface area contributed by atoms with Gasteiger partial charge in [0.2, 0.25) is 5.91 Å². The molecule has 0 bridgehead atoms. The van der Waals surface area contributed by atoms with E-state index >= 15 is 0 Å². The summed E-state index contributed by atoms with van der Waals surface area (Å²) in [6.07, 6.45) is 3.01. The third kappa shape index (κ3) is 4.42. The third-order valence-electron chi connectivity index (χ3n) is 3.72. The number of aromatic nitrogens is 1. The van der Waals surface area contributed by atoms with E-state index in [1.54, 1.807) is 18.3 Å². The summed E-state index contributed by atoms with van der Waals surface area (Å²) in [5, 5.41) is 9.01. The minimum atomic E-state index is -1.03. The zero-order valence-electron chi connectivity index (χ0n) is 12.3. The highest BCUT2D eigenvalue weighted by Crippen LogP contribution is 2.15. The van der Waals surface area contributed by atoms with Crippen molar-refractivity contribution in [1.82, 2.24) is 9.47 Å². The molecule has 0 aromatic carbocycles. The molecule has 1 aliphatic heterocycles. The molecule has 0 radical (unpaired) electrons. The van der Waals surface area contributed by atoms with Gasteiger partial charge in [0.25, 0.3) is 5.56 Å². The minimum absolute atomic E-state index is 0.106. The topological polar surface area (TPSA) is 88.8 Å². The Bertz CT molecular complexity index is 577. The van der Waals surface area contributed by atoms with Crippen molar-refractivity contribution in [3.8, 4) is 0 Å². The fourth-order valence-corrected chi connectivity index (χ4v) is 2.57. The maximum atomic E-state index is 12.4. The molecule has 0 unspecified atom stereocenters. The molecule has 7 nitrogen and oxygen atoms in total. The van der Waals surface area contributed by atoms with Crippen LogP contribution in [0.15, 0.2) is 29.2 Å². The van der Waals surface area contributed by atoms with E-state index in [2.05, 4.69) is 0 Å². The Kier molecular flexibility index (Phi) is 5.71. The van der Waals surface area contributed by atoms with Gasteiger partial charge in [-0.3, -0.25) is 14.4 Å². The molecule has 0 spiro atoms. The van der Waals surface area contributed by atoms with Gasteiger partial charge >= 0.3 is 5.97 Å². The largest absolute Gasteiger partial charge is 0.480 e. The molecule has 2 rings (SSSR count). The van der Waals surface area contributed by atoms with Crippen LogP contribution in [0, 0.1) is 0 Å². The monoisotopic (exact) mass is 308 g/mol. The molecule has 1 aromatic heterocycles. The van der Waals surface area contributed by atoms with Crippen molar-refractivity contribution in [3.63, 3.8) is 0 Å². The standard InChI is InChI=1S/C15H20N2O5/c18-13-3-1-2-7-16(13)8-4-14(19)17(11-15(20)21)12-5-9-22-10-6-12/h1-3,7,12H,4-6,8-11H2,(H,20,21). The molecular weight excluding hydrogens is 288 g/mol. The van der Waals surface area contributed by atoms with Gasteiger partial charge in [-0.15, -0.1) is 0 Å². The van der Waals surface area contributed by atoms with Gasteiger partial charge in [0.1, 0.15) is 6.54 Å². The molecule has 1 aromatic rings. The first kappa shape index (κ1) is 16.2. The average Bonchev–Trinajstić information content (AvgIpc) is 2.52. The summed E-state index contributed by atoms with van der Waals surface area (Å²) in [4.78, 5) is 36.4. The van der Waals surface area contributed by atoms with Crippen LogP contribution in [0.25, 0.3) is 0 Å². The fraction of sp³-hybridized carbons (Fsp3) is 0.533. The number of carboxylic acid groups (broad SMARTS) is 1. The second-order valence-corrected chi connectivity index (χ2v) is 5.24. The van der Waals surface area contributed by atoms with Crippen LogP contribution in [0.4, 0.5) is 0 Å². The van der Waals surface area contributed by atoms with Crippen molar-refractivity contribution in [3.05, 3.63) is 34.7 Å². The van der Waals surface area contributed by atoms with Crippen molar-refractivity contribution in [2.45, 2.75) is 31.8 Å². The van der Waals surface area contributed by atoms with Crippen molar-refractivity contribution in [2.75, 3.05) is 19.8 Å². The molecule has 120 valence electrons. The zero-order chi connectivity index (χ0) is 15.9. The summed E-state index contributed by atoms with van der Waals surface area (Å²) < 4.78 is 6.69. The van der Waals surface area contributed by atoms with Gasteiger partial charge in [0, 0.05) is 44.5 Å². The first-order valence-corrected chi connectivity index (χ1v) is 7.32. The number of carboxylic acids is 1. The quantitative estimate of drug-likeness (QED) is 0.818. The molecule has 1 saturated heterocycles. The van der Waals surface area contributed by atoms with Crippen molar-refractivity contribution in [1.29, 1.82) is 0 Å². The van der Waals surface area contributed by atoms with Crippen LogP contribution in [-0.2, 0) is 20.9 Å². The van der Waals surface area contributed by atoms with Crippen LogP contribution in [0.5, 0.6) is 0 Å².